The Bertz CT molecular complexity index is 277. The molecule has 0 heterocycles. The van der Waals surface area contributed by atoms with Gasteiger partial charge in [0.25, 0.3) is 0 Å². The number of allylic oxidation sites excluding steroid dienone is 1. The standard InChI is InChI=1S/C20H39NO2/c1-2-3-4-5-6-7-8-9-10-11-12-13-14-15-16-17-18-19-20(22)23-21/h17-18H,2-16,19,21H2,1H3/b18-17+. The van der Waals surface area contributed by atoms with E-state index in [-0.39, 0.29) is 12.4 Å². The number of hydrogen-bond donors (Lipinski definition) is 1. The van der Waals surface area contributed by atoms with Crippen molar-refractivity contribution in [1.29, 1.82) is 0 Å². The second kappa shape index (κ2) is 19.2. The lowest BCUT2D eigenvalue weighted by molar-refractivity contribution is -0.143. The molecule has 0 aliphatic carbocycles. The first-order chi connectivity index (χ1) is 11.3. The van der Waals surface area contributed by atoms with Crippen molar-refractivity contribution >= 4 is 5.97 Å². The van der Waals surface area contributed by atoms with Crippen LogP contribution in [0.2, 0.25) is 0 Å². The third-order valence-corrected chi connectivity index (χ3v) is 4.31. The van der Waals surface area contributed by atoms with Gasteiger partial charge in [0.1, 0.15) is 0 Å². The zero-order chi connectivity index (χ0) is 17.0. The minimum atomic E-state index is -0.373. The molecule has 0 saturated carbocycles. The van der Waals surface area contributed by atoms with Crippen molar-refractivity contribution in [2.75, 3.05) is 0 Å². The molecule has 23 heavy (non-hydrogen) atoms. The summed E-state index contributed by atoms with van der Waals surface area (Å²) in [5, 5.41) is 0. The van der Waals surface area contributed by atoms with Crippen LogP contribution in [0.25, 0.3) is 0 Å². The average molecular weight is 326 g/mol. The summed E-state index contributed by atoms with van der Waals surface area (Å²) >= 11 is 0. The predicted molar refractivity (Wildman–Crippen MR) is 99.0 cm³/mol. The fourth-order valence-electron chi connectivity index (χ4n) is 2.80. The summed E-state index contributed by atoms with van der Waals surface area (Å²) in [6.45, 7) is 2.28. The molecule has 0 unspecified atom stereocenters. The third kappa shape index (κ3) is 19.1. The van der Waals surface area contributed by atoms with Crippen molar-refractivity contribution in [2.45, 2.75) is 110 Å². The van der Waals surface area contributed by atoms with E-state index in [2.05, 4.69) is 17.8 Å². The van der Waals surface area contributed by atoms with Gasteiger partial charge in [0.2, 0.25) is 0 Å². The zero-order valence-corrected chi connectivity index (χ0v) is 15.4. The summed E-state index contributed by atoms with van der Waals surface area (Å²) in [5.41, 5.74) is 0. The Balaban J connectivity index is 3.06. The highest BCUT2D eigenvalue weighted by Crippen LogP contribution is 2.13. The van der Waals surface area contributed by atoms with Gasteiger partial charge in [-0.3, -0.25) is 4.79 Å². The highest BCUT2D eigenvalue weighted by atomic mass is 16.7. The van der Waals surface area contributed by atoms with Crippen molar-refractivity contribution in [3.8, 4) is 0 Å². The molecular weight excluding hydrogens is 286 g/mol. The molecule has 0 aliphatic heterocycles. The Kier molecular flexibility index (Phi) is 18.5. The van der Waals surface area contributed by atoms with Crippen molar-refractivity contribution in [1.82, 2.24) is 0 Å². The summed E-state index contributed by atoms with van der Waals surface area (Å²) in [6.07, 6.45) is 24.6. The zero-order valence-electron chi connectivity index (χ0n) is 15.4. The molecule has 2 N–H and O–H groups in total. The summed E-state index contributed by atoms with van der Waals surface area (Å²) in [7, 11) is 0. The van der Waals surface area contributed by atoms with E-state index in [9.17, 15) is 4.79 Å². The van der Waals surface area contributed by atoms with Crippen LogP contribution in [-0.4, -0.2) is 5.97 Å². The molecule has 0 saturated heterocycles. The van der Waals surface area contributed by atoms with Gasteiger partial charge in [-0.1, -0.05) is 103 Å². The van der Waals surface area contributed by atoms with E-state index < -0.39 is 0 Å². The highest BCUT2D eigenvalue weighted by Gasteiger charge is 1.95. The lowest BCUT2D eigenvalue weighted by Crippen LogP contribution is -2.07. The van der Waals surface area contributed by atoms with Crippen molar-refractivity contribution < 1.29 is 9.63 Å². The normalized spacial score (nSPS) is 11.2. The second-order valence-corrected chi connectivity index (χ2v) is 6.55. The maximum atomic E-state index is 10.8. The van der Waals surface area contributed by atoms with Crippen LogP contribution in [0.15, 0.2) is 12.2 Å². The molecular formula is C20H39NO2. The number of unbranched alkanes of at least 4 members (excludes halogenated alkanes) is 14. The Labute approximate surface area is 144 Å². The maximum Gasteiger partial charge on any atom is 0.328 e. The molecule has 0 fully saturated rings. The van der Waals surface area contributed by atoms with Crippen LogP contribution in [0.4, 0.5) is 0 Å². The topological polar surface area (TPSA) is 52.3 Å². The second-order valence-electron chi connectivity index (χ2n) is 6.55. The highest BCUT2D eigenvalue weighted by molar-refractivity contribution is 5.70. The molecule has 0 amide bonds. The van der Waals surface area contributed by atoms with Gasteiger partial charge in [-0.25, -0.2) is 0 Å². The Hall–Kier alpha value is -0.830. The first-order valence-corrected chi connectivity index (χ1v) is 9.85. The maximum absolute atomic E-state index is 10.8. The molecule has 3 nitrogen and oxygen atoms in total. The summed E-state index contributed by atoms with van der Waals surface area (Å²) < 4.78 is 0. The van der Waals surface area contributed by atoms with Gasteiger partial charge in [-0.05, 0) is 12.8 Å². The van der Waals surface area contributed by atoms with Gasteiger partial charge in [0.05, 0.1) is 6.42 Å². The fourth-order valence-corrected chi connectivity index (χ4v) is 2.80. The van der Waals surface area contributed by atoms with Crippen molar-refractivity contribution in [2.24, 2.45) is 5.90 Å². The van der Waals surface area contributed by atoms with Crippen LogP contribution < -0.4 is 5.90 Å². The molecule has 0 bridgehead atoms. The van der Waals surface area contributed by atoms with E-state index in [1.54, 1.807) is 0 Å². The summed E-state index contributed by atoms with van der Waals surface area (Å²) in [4.78, 5) is 14.9. The van der Waals surface area contributed by atoms with E-state index in [0.29, 0.717) is 0 Å². The van der Waals surface area contributed by atoms with Gasteiger partial charge >= 0.3 is 5.97 Å². The molecule has 0 rings (SSSR count). The molecule has 0 aromatic carbocycles. The minimum absolute atomic E-state index is 0.287. The van der Waals surface area contributed by atoms with Crippen LogP contribution in [0.5, 0.6) is 0 Å². The molecule has 0 radical (unpaired) electrons. The quantitative estimate of drug-likeness (QED) is 0.196. The monoisotopic (exact) mass is 325 g/mol. The third-order valence-electron chi connectivity index (χ3n) is 4.31. The SMILES string of the molecule is CCCCCCCCCCCCCCCC/C=C/CC(=O)ON. The Morgan fingerprint density at radius 1 is 0.739 bits per heavy atom. The fraction of sp³-hybridized carbons (Fsp3) is 0.850. The molecule has 0 atom stereocenters. The van der Waals surface area contributed by atoms with Crippen molar-refractivity contribution in [3.05, 3.63) is 12.2 Å². The predicted octanol–water partition coefficient (Wildman–Crippen LogP) is 6.22. The number of rotatable bonds is 17. The van der Waals surface area contributed by atoms with Crippen molar-refractivity contribution in [3.63, 3.8) is 0 Å². The van der Waals surface area contributed by atoms with E-state index >= 15 is 0 Å². The Morgan fingerprint density at radius 2 is 1.17 bits per heavy atom. The molecule has 0 aliphatic rings. The van der Waals surface area contributed by atoms with Gasteiger partial charge in [-0.15, -0.1) is 0 Å². The van der Waals surface area contributed by atoms with E-state index in [0.717, 1.165) is 6.42 Å². The lowest BCUT2D eigenvalue weighted by Gasteiger charge is -2.02. The van der Waals surface area contributed by atoms with E-state index in [1.165, 1.54) is 89.9 Å². The van der Waals surface area contributed by atoms with Gasteiger partial charge in [0, 0.05) is 0 Å². The number of carbonyl (C=O) groups is 1. The smallest absolute Gasteiger partial charge is 0.328 e. The first kappa shape index (κ1) is 22.2. The Morgan fingerprint density at radius 3 is 1.61 bits per heavy atom. The molecule has 0 aromatic rings. The minimum Gasteiger partial charge on any atom is -0.373 e. The van der Waals surface area contributed by atoms with Crippen LogP contribution in [0.1, 0.15) is 110 Å². The van der Waals surface area contributed by atoms with E-state index in [4.69, 9.17) is 5.90 Å². The molecule has 0 aromatic heterocycles. The van der Waals surface area contributed by atoms with Crippen LogP contribution in [0, 0.1) is 0 Å². The largest absolute Gasteiger partial charge is 0.373 e. The van der Waals surface area contributed by atoms with Gasteiger partial charge in [0.15, 0.2) is 0 Å². The van der Waals surface area contributed by atoms with Gasteiger partial charge < -0.3 is 4.84 Å². The summed E-state index contributed by atoms with van der Waals surface area (Å²) in [5.74, 6) is 4.39. The summed E-state index contributed by atoms with van der Waals surface area (Å²) in [6, 6.07) is 0. The van der Waals surface area contributed by atoms with Crippen LogP contribution in [-0.2, 0) is 9.63 Å². The van der Waals surface area contributed by atoms with E-state index in [1.807, 2.05) is 6.08 Å². The lowest BCUT2D eigenvalue weighted by atomic mass is 10.0. The average Bonchev–Trinajstić information content (AvgIpc) is 2.57. The van der Waals surface area contributed by atoms with Crippen LogP contribution >= 0.6 is 0 Å². The van der Waals surface area contributed by atoms with Gasteiger partial charge in [-0.2, -0.15) is 5.90 Å². The molecule has 0 spiro atoms. The number of hydrogen-bond acceptors (Lipinski definition) is 3. The molecule has 136 valence electrons. The van der Waals surface area contributed by atoms with Crippen LogP contribution in [0.3, 0.4) is 0 Å². The number of carbonyl (C=O) groups excluding carboxylic acids is 1. The number of nitrogens with two attached hydrogens (primary N) is 1. The first-order valence-electron chi connectivity index (χ1n) is 9.85. The molecule has 3 heteroatoms.